The van der Waals surface area contributed by atoms with Crippen molar-refractivity contribution in [2.24, 2.45) is 0 Å². The van der Waals surface area contributed by atoms with E-state index in [0.717, 1.165) is 65.2 Å². The minimum atomic E-state index is 0.563. The summed E-state index contributed by atoms with van der Waals surface area (Å²) in [6.45, 7) is 9.20. The number of rotatable bonds is 9. The number of pyridine rings is 1. The summed E-state index contributed by atoms with van der Waals surface area (Å²) in [5.74, 6) is 3.21. The van der Waals surface area contributed by atoms with Crippen LogP contribution in [0.25, 0.3) is 16.9 Å². The number of ether oxygens (including phenoxy) is 3. The molecule has 0 amide bonds. The highest BCUT2D eigenvalue weighted by Crippen LogP contribution is 2.34. The fraction of sp³-hybridized carbons (Fsp3) is 0.333. The van der Waals surface area contributed by atoms with Crippen molar-refractivity contribution in [2.45, 2.75) is 20.3 Å². The monoisotopic (exact) mass is 458 g/mol. The first-order chi connectivity index (χ1) is 16.7. The first kappa shape index (κ1) is 22.2. The number of aromatic nitrogens is 3. The van der Waals surface area contributed by atoms with Gasteiger partial charge in [0, 0.05) is 18.5 Å². The summed E-state index contributed by atoms with van der Waals surface area (Å²) in [4.78, 5) is 7.10. The number of benzene rings is 2. The summed E-state index contributed by atoms with van der Waals surface area (Å²) in [5.41, 5.74) is 3.94. The van der Waals surface area contributed by atoms with Crippen molar-refractivity contribution >= 4 is 5.65 Å². The molecule has 7 nitrogen and oxygen atoms in total. The lowest BCUT2D eigenvalue weighted by Gasteiger charge is -2.19. The van der Waals surface area contributed by atoms with Gasteiger partial charge in [0.25, 0.3) is 0 Å². The predicted octanol–water partition coefficient (Wildman–Crippen LogP) is 4.48. The quantitative estimate of drug-likeness (QED) is 0.369. The number of hydrogen-bond donors (Lipinski definition) is 0. The second-order valence-corrected chi connectivity index (χ2v) is 8.26. The lowest BCUT2D eigenvalue weighted by molar-refractivity contribution is 0.171. The Kier molecular flexibility index (Phi) is 6.62. The number of hydrogen-bond acceptors (Lipinski definition) is 6. The Morgan fingerprint density at radius 3 is 2.53 bits per heavy atom. The molecule has 1 aliphatic rings. The first-order valence-electron chi connectivity index (χ1n) is 11.9. The van der Waals surface area contributed by atoms with Crippen LogP contribution in [-0.2, 0) is 6.42 Å². The molecule has 0 atom stereocenters. The van der Waals surface area contributed by atoms with Crippen molar-refractivity contribution < 1.29 is 14.2 Å². The Morgan fingerprint density at radius 1 is 0.941 bits per heavy atom. The third-order valence-corrected chi connectivity index (χ3v) is 6.10. The average Bonchev–Trinajstić information content (AvgIpc) is 3.30. The smallest absolute Gasteiger partial charge is 0.162 e. The van der Waals surface area contributed by atoms with Gasteiger partial charge in [-0.2, -0.15) is 5.10 Å². The fourth-order valence-corrected chi connectivity index (χ4v) is 4.16. The third-order valence-electron chi connectivity index (χ3n) is 6.10. The largest absolute Gasteiger partial charge is 0.492 e. The van der Waals surface area contributed by atoms with Crippen LogP contribution in [0.15, 0.2) is 60.7 Å². The van der Waals surface area contributed by atoms with Crippen molar-refractivity contribution in [1.82, 2.24) is 19.5 Å². The molecule has 2 aromatic carbocycles. The van der Waals surface area contributed by atoms with E-state index in [0.29, 0.717) is 26.2 Å². The Hall–Kier alpha value is -3.58. The summed E-state index contributed by atoms with van der Waals surface area (Å²) in [6.07, 6.45) is 0.655. The van der Waals surface area contributed by atoms with Crippen LogP contribution in [0, 0.1) is 0 Å². The number of fused-ring (bicyclic) bond motifs is 2. The van der Waals surface area contributed by atoms with Crippen LogP contribution in [0.1, 0.15) is 25.2 Å². The van der Waals surface area contributed by atoms with E-state index >= 15 is 0 Å². The van der Waals surface area contributed by atoms with E-state index in [1.165, 1.54) is 0 Å². The second kappa shape index (κ2) is 10.1. The molecular weight excluding hydrogens is 428 g/mol. The van der Waals surface area contributed by atoms with Gasteiger partial charge in [0.1, 0.15) is 25.6 Å². The summed E-state index contributed by atoms with van der Waals surface area (Å²) >= 11 is 0. The average molecular weight is 459 g/mol. The van der Waals surface area contributed by atoms with E-state index in [2.05, 4.69) is 30.9 Å². The molecule has 4 aromatic rings. The molecule has 0 fully saturated rings. The van der Waals surface area contributed by atoms with Gasteiger partial charge in [-0.1, -0.05) is 32.0 Å². The summed E-state index contributed by atoms with van der Waals surface area (Å²) in [6, 6.07) is 20.2. The topological polar surface area (TPSA) is 61.1 Å². The van der Waals surface area contributed by atoms with Gasteiger partial charge in [0.2, 0.25) is 0 Å². The van der Waals surface area contributed by atoms with Crippen LogP contribution in [0.3, 0.4) is 0 Å². The van der Waals surface area contributed by atoms with Gasteiger partial charge in [-0.15, -0.1) is 0 Å². The highest BCUT2D eigenvalue weighted by molar-refractivity contribution is 5.66. The minimum absolute atomic E-state index is 0.563. The lowest BCUT2D eigenvalue weighted by atomic mass is 10.1. The van der Waals surface area contributed by atoms with Crippen molar-refractivity contribution in [3.05, 3.63) is 72.1 Å². The molecule has 1 aliphatic heterocycles. The van der Waals surface area contributed by atoms with Gasteiger partial charge in [0.05, 0.1) is 5.69 Å². The van der Waals surface area contributed by atoms with Crippen molar-refractivity contribution in [3.63, 3.8) is 0 Å². The maximum Gasteiger partial charge on any atom is 0.162 e. The summed E-state index contributed by atoms with van der Waals surface area (Å²) in [5, 5.41) is 4.80. The molecule has 3 heterocycles. The Balaban J connectivity index is 1.30. The Morgan fingerprint density at radius 2 is 1.74 bits per heavy atom. The molecule has 0 saturated carbocycles. The standard InChI is InChI=1S/C27H30N4O3/c1-3-30(4-2)14-15-32-22-11-8-20(9-12-22)18-26-28-27-7-5-6-23(31(27)29-26)21-10-13-24-25(19-21)34-17-16-33-24/h5-13,19H,3-4,14-18H2,1-2H3. The Bertz CT molecular complexity index is 1250. The van der Waals surface area contributed by atoms with Crippen molar-refractivity contribution in [2.75, 3.05) is 39.5 Å². The van der Waals surface area contributed by atoms with Gasteiger partial charge < -0.3 is 19.1 Å². The van der Waals surface area contributed by atoms with Crippen LogP contribution in [0.4, 0.5) is 0 Å². The fourth-order valence-electron chi connectivity index (χ4n) is 4.16. The first-order valence-corrected chi connectivity index (χ1v) is 11.9. The molecule has 7 heteroatoms. The van der Waals surface area contributed by atoms with E-state index in [1.54, 1.807) is 0 Å². The maximum atomic E-state index is 5.90. The molecule has 176 valence electrons. The number of nitrogens with zero attached hydrogens (tertiary/aromatic N) is 4. The van der Waals surface area contributed by atoms with Crippen LogP contribution < -0.4 is 14.2 Å². The molecule has 34 heavy (non-hydrogen) atoms. The predicted molar refractivity (Wildman–Crippen MR) is 132 cm³/mol. The van der Waals surface area contributed by atoms with Crippen molar-refractivity contribution in [3.8, 4) is 28.5 Å². The highest BCUT2D eigenvalue weighted by atomic mass is 16.6. The summed E-state index contributed by atoms with van der Waals surface area (Å²) in [7, 11) is 0. The molecule has 0 saturated heterocycles. The molecule has 0 bridgehead atoms. The normalized spacial score (nSPS) is 12.9. The second-order valence-electron chi connectivity index (χ2n) is 8.26. The molecule has 0 unspecified atom stereocenters. The molecule has 5 rings (SSSR count). The maximum absolute atomic E-state index is 5.90. The van der Waals surface area contributed by atoms with Gasteiger partial charge in [0.15, 0.2) is 23.0 Å². The summed E-state index contributed by atoms with van der Waals surface area (Å²) < 4.78 is 19.2. The SMILES string of the molecule is CCN(CC)CCOc1ccc(Cc2nc3cccc(-c4ccc5c(c4)OCCO5)n3n2)cc1. The van der Waals surface area contributed by atoms with Crippen molar-refractivity contribution in [1.29, 1.82) is 0 Å². The zero-order valence-corrected chi connectivity index (χ0v) is 19.7. The van der Waals surface area contributed by atoms with E-state index in [1.807, 2.05) is 53.0 Å². The van der Waals surface area contributed by atoms with Gasteiger partial charge in [-0.05, 0) is 61.1 Å². The van der Waals surface area contributed by atoms with Gasteiger partial charge in [-0.25, -0.2) is 9.50 Å². The van der Waals surface area contributed by atoms with Crippen LogP contribution in [-0.4, -0.2) is 59.0 Å². The Labute approximate surface area is 199 Å². The van der Waals surface area contributed by atoms with Crippen LogP contribution in [0.2, 0.25) is 0 Å². The lowest BCUT2D eigenvalue weighted by Crippen LogP contribution is -2.27. The molecule has 0 aliphatic carbocycles. The molecular formula is C27H30N4O3. The minimum Gasteiger partial charge on any atom is -0.492 e. The van der Waals surface area contributed by atoms with Gasteiger partial charge in [-0.3, -0.25) is 0 Å². The van der Waals surface area contributed by atoms with Crippen LogP contribution in [0.5, 0.6) is 17.2 Å². The third kappa shape index (κ3) is 4.84. The van der Waals surface area contributed by atoms with E-state index in [9.17, 15) is 0 Å². The molecule has 0 radical (unpaired) electrons. The number of likely N-dealkylation sites (N-methyl/N-ethyl adjacent to an activating group) is 1. The van der Waals surface area contributed by atoms with E-state index in [-0.39, 0.29) is 0 Å². The van der Waals surface area contributed by atoms with E-state index < -0.39 is 0 Å². The highest BCUT2D eigenvalue weighted by Gasteiger charge is 2.15. The molecule has 0 N–H and O–H groups in total. The zero-order valence-electron chi connectivity index (χ0n) is 19.7. The van der Waals surface area contributed by atoms with E-state index in [4.69, 9.17) is 24.3 Å². The molecule has 2 aromatic heterocycles. The molecule has 0 spiro atoms. The van der Waals surface area contributed by atoms with Gasteiger partial charge >= 0.3 is 0 Å². The zero-order chi connectivity index (χ0) is 23.3. The van der Waals surface area contributed by atoms with Crippen LogP contribution >= 0.6 is 0 Å².